The van der Waals surface area contributed by atoms with Crippen LogP contribution in [-0.2, 0) is 20.9 Å². The Hall–Kier alpha value is -2.50. The highest BCUT2D eigenvalue weighted by Crippen LogP contribution is 2.14. The van der Waals surface area contributed by atoms with Crippen LogP contribution in [0.5, 0.6) is 0 Å². The third-order valence-corrected chi connectivity index (χ3v) is 4.04. The fourth-order valence-corrected chi connectivity index (χ4v) is 2.52. The quantitative estimate of drug-likeness (QED) is 0.749. The van der Waals surface area contributed by atoms with Gasteiger partial charge in [0.05, 0.1) is 13.5 Å². The summed E-state index contributed by atoms with van der Waals surface area (Å²) >= 11 is 0. The highest BCUT2D eigenvalue weighted by atomic mass is 16.6. The van der Waals surface area contributed by atoms with Crippen LogP contribution in [0, 0.1) is 0 Å². The zero-order valence-electron chi connectivity index (χ0n) is 14.1. The molecule has 24 heavy (non-hydrogen) atoms. The van der Waals surface area contributed by atoms with Crippen LogP contribution >= 0.6 is 0 Å². The highest BCUT2D eigenvalue weighted by molar-refractivity contribution is 5.69. The SMILES string of the molecule is C=C(CCC(=O)OC)N1CCN(C(=O)OCc2ccccc2)CC1. The van der Waals surface area contributed by atoms with Crippen LogP contribution in [0.3, 0.4) is 0 Å². The van der Waals surface area contributed by atoms with Crippen LogP contribution in [0.2, 0.25) is 0 Å². The molecule has 130 valence electrons. The fourth-order valence-electron chi connectivity index (χ4n) is 2.52. The molecule has 6 nitrogen and oxygen atoms in total. The van der Waals surface area contributed by atoms with Gasteiger partial charge in [0.15, 0.2) is 0 Å². The maximum absolute atomic E-state index is 12.1. The minimum atomic E-state index is -0.293. The number of carbonyl (C=O) groups is 2. The number of esters is 1. The van der Waals surface area contributed by atoms with Crippen molar-refractivity contribution in [1.82, 2.24) is 9.80 Å². The summed E-state index contributed by atoms with van der Waals surface area (Å²) in [6.07, 6.45) is 0.610. The van der Waals surface area contributed by atoms with Crippen molar-refractivity contribution in [2.45, 2.75) is 19.4 Å². The molecule has 0 N–H and O–H groups in total. The van der Waals surface area contributed by atoms with Gasteiger partial charge in [-0.3, -0.25) is 4.79 Å². The van der Waals surface area contributed by atoms with E-state index in [1.165, 1.54) is 7.11 Å². The molecule has 1 saturated heterocycles. The number of nitrogens with zero attached hydrogens (tertiary/aromatic N) is 2. The zero-order chi connectivity index (χ0) is 17.4. The van der Waals surface area contributed by atoms with E-state index in [0.29, 0.717) is 39.0 Å². The number of piperazine rings is 1. The van der Waals surface area contributed by atoms with Gasteiger partial charge in [0.25, 0.3) is 0 Å². The molecule has 1 fully saturated rings. The minimum absolute atomic E-state index is 0.237. The van der Waals surface area contributed by atoms with Gasteiger partial charge in [0.1, 0.15) is 6.61 Å². The van der Waals surface area contributed by atoms with Crippen LogP contribution in [-0.4, -0.2) is 55.2 Å². The third kappa shape index (κ3) is 5.30. The zero-order valence-corrected chi connectivity index (χ0v) is 14.1. The van der Waals surface area contributed by atoms with Crippen LogP contribution in [0.4, 0.5) is 4.79 Å². The Morgan fingerprint density at radius 2 is 1.67 bits per heavy atom. The van der Waals surface area contributed by atoms with Gasteiger partial charge >= 0.3 is 12.1 Å². The number of hydrogen-bond donors (Lipinski definition) is 0. The number of methoxy groups -OCH3 is 1. The molecular weight excluding hydrogens is 308 g/mol. The molecule has 6 heteroatoms. The average Bonchev–Trinajstić information content (AvgIpc) is 2.64. The Morgan fingerprint density at radius 3 is 2.29 bits per heavy atom. The first-order valence-corrected chi connectivity index (χ1v) is 8.05. The summed E-state index contributed by atoms with van der Waals surface area (Å²) < 4.78 is 9.97. The Kier molecular flexibility index (Phi) is 6.66. The largest absolute Gasteiger partial charge is 0.469 e. The second kappa shape index (κ2) is 8.96. The molecule has 0 aromatic heterocycles. The Balaban J connectivity index is 1.70. The molecule has 1 aromatic rings. The summed E-state index contributed by atoms with van der Waals surface area (Å²) in [7, 11) is 1.38. The van der Waals surface area contributed by atoms with Gasteiger partial charge in [-0.2, -0.15) is 0 Å². The van der Waals surface area contributed by atoms with E-state index in [9.17, 15) is 9.59 Å². The van der Waals surface area contributed by atoms with Crippen molar-refractivity contribution >= 4 is 12.1 Å². The second-order valence-corrected chi connectivity index (χ2v) is 5.66. The Bertz CT molecular complexity index is 566. The second-order valence-electron chi connectivity index (χ2n) is 5.66. The number of amides is 1. The molecule has 1 amide bonds. The minimum Gasteiger partial charge on any atom is -0.469 e. The third-order valence-electron chi connectivity index (χ3n) is 4.04. The van der Waals surface area contributed by atoms with Gasteiger partial charge in [-0.25, -0.2) is 4.79 Å². The van der Waals surface area contributed by atoms with E-state index in [0.717, 1.165) is 11.3 Å². The lowest BCUT2D eigenvalue weighted by molar-refractivity contribution is -0.140. The normalized spacial score (nSPS) is 14.2. The van der Waals surface area contributed by atoms with Gasteiger partial charge < -0.3 is 19.3 Å². The van der Waals surface area contributed by atoms with E-state index in [4.69, 9.17) is 4.74 Å². The molecule has 0 unspecified atom stereocenters. The number of ether oxygens (including phenoxy) is 2. The monoisotopic (exact) mass is 332 g/mol. The summed E-state index contributed by atoms with van der Waals surface area (Å²) in [5.41, 5.74) is 1.87. The molecular formula is C18H24N2O4. The van der Waals surface area contributed by atoms with E-state index in [-0.39, 0.29) is 18.7 Å². The topological polar surface area (TPSA) is 59.1 Å². The van der Waals surface area contributed by atoms with Gasteiger partial charge in [0.2, 0.25) is 0 Å². The number of allylic oxidation sites excluding steroid dienone is 1. The number of carbonyl (C=O) groups excluding carboxylic acids is 2. The van der Waals surface area contributed by atoms with Crippen molar-refractivity contribution in [3.05, 3.63) is 48.2 Å². The molecule has 2 rings (SSSR count). The molecule has 0 atom stereocenters. The molecule has 1 aromatic carbocycles. The number of benzene rings is 1. The van der Waals surface area contributed by atoms with Crippen LogP contribution in [0.1, 0.15) is 18.4 Å². The van der Waals surface area contributed by atoms with Crippen molar-refractivity contribution in [2.24, 2.45) is 0 Å². The van der Waals surface area contributed by atoms with E-state index in [1.807, 2.05) is 30.3 Å². The fraction of sp³-hybridized carbons (Fsp3) is 0.444. The van der Waals surface area contributed by atoms with Gasteiger partial charge in [-0.05, 0) is 12.0 Å². The van der Waals surface area contributed by atoms with Crippen LogP contribution in [0.25, 0.3) is 0 Å². The number of rotatable bonds is 6. The molecule has 1 aliphatic rings. The molecule has 0 aliphatic carbocycles. The van der Waals surface area contributed by atoms with Gasteiger partial charge in [-0.15, -0.1) is 0 Å². The summed E-state index contributed by atoms with van der Waals surface area (Å²) in [4.78, 5) is 27.1. The van der Waals surface area contributed by atoms with E-state index in [2.05, 4.69) is 16.2 Å². The lowest BCUT2D eigenvalue weighted by Gasteiger charge is -2.36. The van der Waals surface area contributed by atoms with Crippen molar-refractivity contribution in [3.63, 3.8) is 0 Å². The van der Waals surface area contributed by atoms with Crippen molar-refractivity contribution in [3.8, 4) is 0 Å². The molecule has 0 radical (unpaired) electrons. The predicted molar refractivity (Wildman–Crippen MR) is 90.2 cm³/mol. The number of hydrogen-bond acceptors (Lipinski definition) is 5. The van der Waals surface area contributed by atoms with E-state index in [1.54, 1.807) is 4.90 Å². The van der Waals surface area contributed by atoms with Crippen molar-refractivity contribution in [1.29, 1.82) is 0 Å². The lowest BCUT2D eigenvalue weighted by Crippen LogP contribution is -2.48. The van der Waals surface area contributed by atoms with Crippen LogP contribution < -0.4 is 0 Å². The Morgan fingerprint density at radius 1 is 1.04 bits per heavy atom. The summed E-state index contributed by atoms with van der Waals surface area (Å²) in [6, 6.07) is 9.62. The summed E-state index contributed by atoms with van der Waals surface area (Å²) in [5.74, 6) is -0.237. The molecule has 0 saturated carbocycles. The molecule has 0 spiro atoms. The molecule has 1 aliphatic heterocycles. The van der Waals surface area contributed by atoms with E-state index >= 15 is 0 Å². The first-order valence-electron chi connectivity index (χ1n) is 8.05. The smallest absolute Gasteiger partial charge is 0.410 e. The average molecular weight is 332 g/mol. The van der Waals surface area contributed by atoms with Gasteiger partial charge in [-0.1, -0.05) is 36.9 Å². The first kappa shape index (κ1) is 17.8. The maximum atomic E-state index is 12.1. The van der Waals surface area contributed by atoms with Crippen LogP contribution in [0.15, 0.2) is 42.6 Å². The summed E-state index contributed by atoms with van der Waals surface area (Å²) in [5, 5.41) is 0. The van der Waals surface area contributed by atoms with E-state index < -0.39 is 0 Å². The first-order chi connectivity index (χ1) is 11.6. The lowest BCUT2D eigenvalue weighted by atomic mass is 10.2. The molecule has 1 heterocycles. The Labute approximate surface area is 142 Å². The summed E-state index contributed by atoms with van der Waals surface area (Å²) in [6.45, 7) is 6.86. The standard InChI is InChI=1S/C18H24N2O4/c1-15(8-9-17(21)23-2)19-10-12-20(13-11-19)18(22)24-14-16-6-4-3-5-7-16/h3-7H,1,8-14H2,2H3. The van der Waals surface area contributed by atoms with Gasteiger partial charge in [0, 0.05) is 31.9 Å². The van der Waals surface area contributed by atoms with Crippen molar-refractivity contribution < 1.29 is 19.1 Å². The maximum Gasteiger partial charge on any atom is 0.410 e. The molecule has 0 bridgehead atoms. The predicted octanol–water partition coefficient (Wildman–Crippen LogP) is 2.41. The highest BCUT2D eigenvalue weighted by Gasteiger charge is 2.23. The van der Waals surface area contributed by atoms with Crippen molar-refractivity contribution in [2.75, 3.05) is 33.3 Å².